The van der Waals surface area contributed by atoms with Crippen LogP contribution in [0.15, 0.2) is 36.5 Å². The number of nitrogens with two attached hydrogens (primary N) is 1. The minimum Gasteiger partial charge on any atom is -0.271 e. The normalized spacial score (nSPS) is 12.7. The molecule has 2 aromatic rings. The maximum atomic E-state index is 5.79. The van der Waals surface area contributed by atoms with Gasteiger partial charge in [0.15, 0.2) is 0 Å². The van der Waals surface area contributed by atoms with Gasteiger partial charge in [0.2, 0.25) is 0 Å². The fourth-order valence-corrected chi connectivity index (χ4v) is 2.89. The Hall–Kier alpha value is -1.45. The minimum absolute atomic E-state index is 0.212. The molecule has 0 aliphatic carbocycles. The predicted octanol–water partition coefficient (Wildman–Crippen LogP) is 4.49. The molecular weight excluding hydrogens is 258 g/mol. The third-order valence-corrected chi connectivity index (χ3v) is 4.10. The van der Waals surface area contributed by atoms with E-state index in [1.165, 1.54) is 49.5 Å². The first-order chi connectivity index (χ1) is 10.4. The molecule has 0 radical (unpaired) electrons. The lowest BCUT2D eigenvalue weighted by atomic mass is 9.96. The van der Waals surface area contributed by atoms with Crippen LogP contribution >= 0.6 is 0 Å². The second-order valence-corrected chi connectivity index (χ2v) is 5.69. The number of nitrogens with zero attached hydrogens (tertiary/aromatic N) is 1. The van der Waals surface area contributed by atoms with E-state index in [-0.39, 0.29) is 6.04 Å². The van der Waals surface area contributed by atoms with E-state index in [1.54, 1.807) is 0 Å². The van der Waals surface area contributed by atoms with E-state index >= 15 is 0 Å². The molecule has 21 heavy (non-hydrogen) atoms. The van der Waals surface area contributed by atoms with Crippen molar-refractivity contribution in [3.63, 3.8) is 0 Å². The Morgan fingerprint density at radius 2 is 1.86 bits per heavy atom. The summed E-state index contributed by atoms with van der Waals surface area (Å²) in [6, 6.07) is 10.6. The average Bonchev–Trinajstić information content (AvgIpc) is 2.54. The molecule has 0 spiro atoms. The van der Waals surface area contributed by atoms with E-state index in [9.17, 15) is 0 Å². The van der Waals surface area contributed by atoms with E-state index in [0.717, 1.165) is 11.9 Å². The SMILES string of the molecule is CCCCCCCCC(NN)c1cccc2ncccc12. The number of aromatic nitrogens is 1. The molecule has 1 aromatic heterocycles. The zero-order valence-corrected chi connectivity index (χ0v) is 13.0. The number of hydrogen-bond donors (Lipinski definition) is 2. The topological polar surface area (TPSA) is 50.9 Å². The molecule has 1 unspecified atom stereocenters. The largest absolute Gasteiger partial charge is 0.271 e. The van der Waals surface area contributed by atoms with Crippen molar-refractivity contribution in [1.29, 1.82) is 0 Å². The summed E-state index contributed by atoms with van der Waals surface area (Å²) in [5.74, 6) is 5.79. The van der Waals surface area contributed by atoms with Crippen LogP contribution in [0.3, 0.4) is 0 Å². The Labute approximate surface area is 127 Å². The van der Waals surface area contributed by atoms with Gasteiger partial charge in [0, 0.05) is 17.6 Å². The Morgan fingerprint density at radius 3 is 2.67 bits per heavy atom. The van der Waals surface area contributed by atoms with Gasteiger partial charge >= 0.3 is 0 Å². The summed E-state index contributed by atoms with van der Waals surface area (Å²) in [7, 11) is 0. The van der Waals surface area contributed by atoms with Crippen LogP contribution < -0.4 is 11.3 Å². The summed E-state index contributed by atoms with van der Waals surface area (Å²) in [6.07, 6.45) is 10.8. The molecule has 0 saturated heterocycles. The van der Waals surface area contributed by atoms with Gasteiger partial charge in [0.05, 0.1) is 5.52 Å². The highest BCUT2D eigenvalue weighted by molar-refractivity contribution is 5.82. The van der Waals surface area contributed by atoms with Crippen molar-refractivity contribution in [3.8, 4) is 0 Å². The molecular formula is C18H27N3. The van der Waals surface area contributed by atoms with Crippen molar-refractivity contribution in [1.82, 2.24) is 10.4 Å². The summed E-state index contributed by atoms with van der Waals surface area (Å²) in [4.78, 5) is 4.42. The van der Waals surface area contributed by atoms with Crippen LogP contribution in [0.4, 0.5) is 0 Å². The van der Waals surface area contributed by atoms with Gasteiger partial charge in [-0.25, -0.2) is 0 Å². The van der Waals surface area contributed by atoms with Crippen molar-refractivity contribution in [2.24, 2.45) is 5.84 Å². The molecule has 0 fully saturated rings. The fourth-order valence-electron chi connectivity index (χ4n) is 2.89. The first kappa shape index (κ1) is 15.9. The maximum Gasteiger partial charge on any atom is 0.0705 e. The number of nitrogens with one attached hydrogen (secondary N) is 1. The van der Waals surface area contributed by atoms with Gasteiger partial charge in [-0.3, -0.25) is 16.3 Å². The lowest BCUT2D eigenvalue weighted by Gasteiger charge is -2.18. The number of rotatable bonds is 9. The van der Waals surface area contributed by atoms with Crippen molar-refractivity contribution in [3.05, 3.63) is 42.1 Å². The predicted molar refractivity (Wildman–Crippen MR) is 89.8 cm³/mol. The van der Waals surface area contributed by atoms with Gasteiger partial charge in [-0.15, -0.1) is 0 Å². The lowest BCUT2D eigenvalue weighted by molar-refractivity contribution is 0.479. The van der Waals surface area contributed by atoms with E-state index in [4.69, 9.17) is 5.84 Å². The monoisotopic (exact) mass is 285 g/mol. The van der Waals surface area contributed by atoms with Crippen LogP contribution in [0.25, 0.3) is 10.9 Å². The Bertz CT molecular complexity index is 533. The highest BCUT2D eigenvalue weighted by Gasteiger charge is 2.12. The number of hydrogen-bond acceptors (Lipinski definition) is 3. The van der Waals surface area contributed by atoms with Crippen LogP contribution in [0.5, 0.6) is 0 Å². The molecule has 0 aliphatic rings. The highest BCUT2D eigenvalue weighted by Crippen LogP contribution is 2.26. The Balaban J connectivity index is 1.96. The van der Waals surface area contributed by atoms with Gasteiger partial charge in [0.1, 0.15) is 0 Å². The van der Waals surface area contributed by atoms with Gasteiger partial charge in [0.25, 0.3) is 0 Å². The summed E-state index contributed by atoms with van der Waals surface area (Å²) < 4.78 is 0. The first-order valence-corrected chi connectivity index (χ1v) is 8.16. The van der Waals surface area contributed by atoms with E-state index in [2.05, 4.69) is 41.6 Å². The molecule has 3 nitrogen and oxygen atoms in total. The van der Waals surface area contributed by atoms with Gasteiger partial charge in [-0.1, -0.05) is 63.6 Å². The standard InChI is InChI=1S/C18H27N3/c1-2-3-4-5-6-7-12-18(21-19)16-10-8-13-17-15(16)11-9-14-20-17/h8-11,13-14,18,21H,2-7,12,19H2,1H3. The molecule has 3 heteroatoms. The van der Waals surface area contributed by atoms with E-state index in [0.29, 0.717) is 0 Å². The molecule has 1 atom stereocenters. The van der Waals surface area contributed by atoms with Gasteiger partial charge in [-0.2, -0.15) is 0 Å². The number of fused-ring (bicyclic) bond motifs is 1. The van der Waals surface area contributed by atoms with Crippen LogP contribution in [0.2, 0.25) is 0 Å². The molecule has 0 bridgehead atoms. The number of unbranched alkanes of at least 4 members (excludes halogenated alkanes) is 5. The van der Waals surface area contributed by atoms with Crippen molar-refractivity contribution >= 4 is 10.9 Å². The summed E-state index contributed by atoms with van der Waals surface area (Å²) in [6.45, 7) is 2.25. The second kappa shape index (κ2) is 8.75. The van der Waals surface area contributed by atoms with Crippen molar-refractivity contribution in [2.75, 3.05) is 0 Å². The molecule has 0 amide bonds. The minimum atomic E-state index is 0.212. The van der Waals surface area contributed by atoms with Crippen molar-refractivity contribution in [2.45, 2.75) is 57.9 Å². The molecule has 1 heterocycles. The van der Waals surface area contributed by atoms with E-state index < -0.39 is 0 Å². The van der Waals surface area contributed by atoms with Gasteiger partial charge < -0.3 is 0 Å². The molecule has 114 valence electrons. The average molecular weight is 285 g/mol. The molecule has 3 N–H and O–H groups in total. The maximum absolute atomic E-state index is 5.79. The van der Waals surface area contributed by atoms with Crippen LogP contribution in [-0.2, 0) is 0 Å². The van der Waals surface area contributed by atoms with E-state index in [1.807, 2.05) is 12.3 Å². The smallest absolute Gasteiger partial charge is 0.0705 e. The third kappa shape index (κ3) is 4.51. The summed E-state index contributed by atoms with van der Waals surface area (Å²) in [5, 5.41) is 1.20. The zero-order valence-electron chi connectivity index (χ0n) is 13.0. The summed E-state index contributed by atoms with van der Waals surface area (Å²) >= 11 is 0. The Morgan fingerprint density at radius 1 is 1.05 bits per heavy atom. The number of benzene rings is 1. The number of pyridine rings is 1. The van der Waals surface area contributed by atoms with Crippen molar-refractivity contribution < 1.29 is 0 Å². The highest BCUT2D eigenvalue weighted by atomic mass is 15.2. The summed E-state index contributed by atoms with van der Waals surface area (Å²) in [5.41, 5.74) is 5.29. The Kier molecular flexibility index (Phi) is 6.64. The molecule has 0 aliphatic heterocycles. The quantitative estimate of drug-likeness (QED) is 0.405. The first-order valence-electron chi connectivity index (χ1n) is 8.16. The van der Waals surface area contributed by atoms with Crippen LogP contribution in [0.1, 0.15) is 63.5 Å². The third-order valence-electron chi connectivity index (χ3n) is 4.10. The van der Waals surface area contributed by atoms with Crippen LogP contribution in [-0.4, -0.2) is 4.98 Å². The van der Waals surface area contributed by atoms with Crippen LogP contribution in [0, 0.1) is 0 Å². The fraction of sp³-hybridized carbons (Fsp3) is 0.500. The van der Waals surface area contributed by atoms with Gasteiger partial charge in [-0.05, 0) is 24.1 Å². The number of hydrazine groups is 1. The molecule has 1 aromatic carbocycles. The zero-order chi connectivity index (χ0) is 14.9. The molecule has 0 saturated carbocycles. The molecule has 2 rings (SSSR count). The lowest BCUT2D eigenvalue weighted by Crippen LogP contribution is -2.28. The second-order valence-electron chi connectivity index (χ2n) is 5.69.